The Morgan fingerprint density at radius 2 is 1.87 bits per heavy atom. The van der Waals surface area contributed by atoms with Gasteiger partial charge in [0, 0.05) is 18.8 Å². The molecule has 0 radical (unpaired) electrons. The van der Waals surface area contributed by atoms with Gasteiger partial charge in [-0.2, -0.15) is 0 Å². The zero-order valence-electron chi connectivity index (χ0n) is 14.9. The smallest absolute Gasteiger partial charge is 0.193 e. The van der Waals surface area contributed by atoms with E-state index in [1.165, 1.54) is 31.5 Å². The highest BCUT2D eigenvalue weighted by molar-refractivity contribution is 5.92. The van der Waals surface area contributed by atoms with Gasteiger partial charge in [0.1, 0.15) is 0 Å². The number of hydrogen-bond donors (Lipinski definition) is 2. The average molecular weight is 316 g/mol. The van der Waals surface area contributed by atoms with Gasteiger partial charge in [-0.25, -0.2) is 0 Å². The molecule has 23 heavy (non-hydrogen) atoms. The highest BCUT2D eigenvalue weighted by Crippen LogP contribution is 2.20. The normalized spacial score (nSPS) is 18.8. The molecule has 3 N–H and O–H groups in total. The Kier molecular flexibility index (Phi) is 6.90. The summed E-state index contributed by atoms with van der Waals surface area (Å²) in [7, 11) is 0. The summed E-state index contributed by atoms with van der Waals surface area (Å²) in [4.78, 5) is 7.02. The number of aliphatic imine (C=N–C) groups is 1. The van der Waals surface area contributed by atoms with E-state index in [4.69, 9.17) is 5.73 Å². The summed E-state index contributed by atoms with van der Waals surface area (Å²) in [6.45, 7) is 11.1. The Bertz CT molecular complexity index is 489. The first-order valence-electron chi connectivity index (χ1n) is 8.97. The van der Waals surface area contributed by atoms with E-state index in [0.29, 0.717) is 17.8 Å². The lowest BCUT2D eigenvalue weighted by Gasteiger charge is -2.19. The zero-order chi connectivity index (χ0) is 16.7. The molecule has 1 fully saturated rings. The first kappa shape index (κ1) is 17.8. The molecule has 1 heterocycles. The maximum absolute atomic E-state index is 6.01. The van der Waals surface area contributed by atoms with Crippen molar-refractivity contribution in [2.45, 2.75) is 46.0 Å². The molecule has 0 amide bonds. The molecule has 1 aliphatic rings. The van der Waals surface area contributed by atoms with Gasteiger partial charge in [-0.3, -0.25) is 4.99 Å². The lowest BCUT2D eigenvalue weighted by atomic mass is 9.99. The first-order valence-corrected chi connectivity index (χ1v) is 8.97. The molecule has 2 atom stereocenters. The van der Waals surface area contributed by atoms with Crippen molar-refractivity contribution in [3.05, 3.63) is 29.8 Å². The monoisotopic (exact) mass is 316 g/mol. The fraction of sp³-hybridized carbons (Fsp3) is 0.632. The summed E-state index contributed by atoms with van der Waals surface area (Å²) in [6, 6.07) is 8.49. The standard InChI is InChI=1S/C19H32N4/c1-4-16(3)17-7-9-18(10-8-17)22-19(20)21-13-15(2)14-23-11-5-6-12-23/h7-10,15-16H,4-6,11-14H2,1-3H3,(H3,20,21,22). The summed E-state index contributed by atoms with van der Waals surface area (Å²) in [5, 5.41) is 3.19. The zero-order valence-corrected chi connectivity index (χ0v) is 14.9. The molecule has 0 aliphatic carbocycles. The number of nitrogens with one attached hydrogen (secondary N) is 1. The van der Waals surface area contributed by atoms with Crippen LogP contribution in [0.2, 0.25) is 0 Å². The van der Waals surface area contributed by atoms with Gasteiger partial charge in [-0.05, 0) is 61.9 Å². The molecular weight excluding hydrogens is 284 g/mol. The minimum absolute atomic E-state index is 0.509. The van der Waals surface area contributed by atoms with Crippen LogP contribution in [0.15, 0.2) is 29.3 Å². The van der Waals surface area contributed by atoms with E-state index in [9.17, 15) is 0 Å². The SMILES string of the molecule is CCC(C)c1ccc(NC(N)=NCC(C)CN2CCCC2)cc1. The topological polar surface area (TPSA) is 53.6 Å². The second kappa shape index (κ2) is 8.92. The fourth-order valence-electron chi connectivity index (χ4n) is 3.04. The van der Waals surface area contributed by atoms with E-state index in [-0.39, 0.29) is 0 Å². The molecule has 1 saturated heterocycles. The van der Waals surface area contributed by atoms with Gasteiger partial charge in [-0.1, -0.05) is 32.9 Å². The van der Waals surface area contributed by atoms with Crippen LogP contribution in [0.4, 0.5) is 5.69 Å². The van der Waals surface area contributed by atoms with Gasteiger partial charge < -0.3 is 16.0 Å². The van der Waals surface area contributed by atoms with Crippen LogP contribution in [0.3, 0.4) is 0 Å². The van der Waals surface area contributed by atoms with Crippen LogP contribution >= 0.6 is 0 Å². The largest absolute Gasteiger partial charge is 0.370 e. The second-order valence-corrected chi connectivity index (χ2v) is 6.90. The molecule has 4 nitrogen and oxygen atoms in total. The number of rotatable bonds is 7. The molecule has 1 aromatic carbocycles. The Balaban J connectivity index is 1.79. The summed E-state index contributed by atoms with van der Waals surface area (Å²) >= 11 is 0. The van der Waals surface area contributed by atoms with Crippen molar-refractivity contribution in [1.82, 2.24) is 4.90 Å². The molecule has 0 bridgehead atoms. The average Bonchev–Trinajstić information content (AvgIpc) is 3.06. The molecule has 0 aromatic heterocycles. The quantitative estimate of drug-likeness (QED) is 0.596. The van der Waals surface area contributed by atoms with Crippen molar-refractivity contribution in [2.75, 3.05) is 31.5 Å². The maximum Gasteiger partial charge on any atom is 0.193 e. The third kappa shape index (κ3) is 5.87. The van der Waals surface area contributed by atoms with Gasteiger partial charge in [0.05, 0.1) is 0 Å². The van der Waals surface area contributed by atoms with Crippen LogP contribution in [-0.2, 0) is 0 Å². The number of anilines is 1. The third-order valence-electron chi connectivity index (χ3n) is 4.71. The van der Waals surface area contributed by atoms with E-state index in [1.54, 1.807) is 0 Å². The lowest BCUT2D eigenvalue weighted by Crippen LogP contribution is -2.28. The van der Waals surface area contributed by atoms with Crippen LogP contribution < -0.4 is 11.1 Å². The number of hydrogen-bond acceptors (Lipinski definition) is 2. The van der Waals surface area contributed by atoms with Gasteiger partial charge in [0.25, 0.3) is 0 Å². The highest BCUT2D eigenvalue weighted by atomic mass is 15.1. The van der Waals surface area contributed by atoms with Crippen molar-refractivity contribution in [3.8, 4) is 0 Å². The maximum atomic E-state index is 6.01. The molecule has 0 saturated carbocycles. The summed E-state index contributed by atoms with van der Waals surface area (Å²) in [5.74, 6) is 1.65. The fourth-order valence-corrected chi connectivity index (χ4v) is 3.04. The number of likely N-dealkylation sites (tertiary alicyclic amines) is 1. The molecule has 4 heteroatoms. The Morgan fingerprint density at radius 1 is 1.22 bits per heavy atom. The van der Waals surface area contributed by atoms with Crippen molar-refractivity contribution >= 4 is 11.6 Å². The number of guanidine groups is 1. The molecule has 2 rings (SSSR count). The van der Waals surface area contributed by atoms with E-state index in [0.717, 1.165) is 25.2 Å². The lowest BCUT2D eigenvalue weighted by molar-refractivity contribution is 0.292. The summed E-state index contributed by atoms with van der Waals surface area (Å²) < 4.78 is 0. The Labute approximate surface area is 141 Å². The Hall–Kier alpha value is -1.55. The van der Waals surface area contributed by atoms with E-state index in [2.05, 4.69) is 60.2 Å². The molecule has 128 valence electrons. The predicted molar refractivity (Wildman–Crippen MR) is 100 cm³/mol. The van der Waals surface area contributed by atoms with Gasteiger partial charge >= 0.3 is 0 Å². The summed E-state index contributed by atoms with van der Waals surface area (Å²) in [6.07, 6.45) is 3.84. The third-order valence-corrected chi connectivity index (χ3v) is 4.71. The van der Waals surface area contributed by atoms with Gasteiger partial charge in [0.2, 0.25) is 0 Å². The molecule has 2 unspecified atom stereocenters. The van der Waals surface area contributed by atoms with Gasteiger partial charge in [0.15, 0.2) is 5.96 Å². The van der Waals surface area contributed by atoms with E-state index in [1.807, 2.05) is 0 Å². The second-order valence-electron chi connectivity index (χ2n) is 6.90. The van der Waals surface area contributed by atoms with Crippen molar-refractivity contribution in [2.24, 2.45) is 16.6 Å². The van der Waals surface area contributed by atoms with E-state index < -0.39 is 0 Å². The van der Waals surface area contributed by atoms with Crippen LogP contribution in [0.25, 0.3) is 0 Å². The highest BCUT2D eigenvalue weighted by Gasteiger charge is 2.14. The van der Waals surface area contributed by atoms with Crippen molar-refractivity contribution in [1.29, 1.82) is 0 Å². The number of nitrogens with two attached hydrogens (primary N) is 1. The number of nitrogens with zero attached hydrogens (tertiary/aromatic N) is 2. The molecule has 1 aliphatic heterocycles. The molecule has 1 aromatic rings. The van der Waals surface area contributed by atoms with Crippen LogP contribution in [-0.4, -0.2) is 37.0 Å². The van der Waals surface area contributed by atoms with Crippen LogP contribution in [0, 0.1) is 5.92 Å². The minimum atomic E-state index is 0.509. The minimum Gasteiger partial charge on any atom is -0.370 e. The van der Waals surface area contributed by atoms with Crippen molar-refractivity contribution in [3.63, 3.8) is 0 Å². The predicted octanol–water partition coefficient (Wildman–Crippen LogP) is 3.66. The molecule has 0 spiro atoms. The van der Waals surface area contributed by atoms with Gasteiger partial charge in [-0.15, -0.1) is 0 Å². The van der Waals surface area contributed by atoms with E-state index >= 15 is 0 Å². The van der Waals surface area contributed by atoms with Crippen LogP contribution in [0.1, 0.15) is 51.5 Å². The number of benzene rings is 1. The molecular formula is C19H32N4. The van der Waals surface area contributed by atoms with Crippen molar-refractivity contribution < 1.29 is 0 Å². The first-order chi connectivity index (χ1) is 11.1. The van der Waals surface area contributed by atoms with Crippen LogP contribution in [0.5, 0.6) is 0 Å². The summed E-state index contributed by atoms with van der Waals surface area (Å²) in [5.41, 5.74) is 8.38. The Morgan fingerprint density at radius 3 is 2.48 bits per heavy atom.